The van der Waals surface area contributed by atoms with Gasteiger partial charge in [0.1, 0.15) is 5.82 Å². The van der Waals surface area contributed by atoms with Crippen LogP contribution in [-0.4, -0.2) is 10.7 Å². The average molecular weight is 281 g/mol. The quantitative estimate of drug-likeness (QED) is 0.828. The van der Waals surface area contributed by atoms with E-state index < -0.39 is 5.82 Å². The van der Waals surface area contributed by atoms with E-state index >= 15 is 0 Å². The van der Waals surface area contributed by atoms with Gasteiger partial charge in [0, 0.05) is 5.02 Å². The molecular weight excluding hydrogens is 272 g/mol. The highest BCUT2D eigenvalue weighted by Crippen LogP contribution is 2.19. The van der Waals surface area contributed by atoms with E-state index in [0.29, 0.717) is 5.02 Å². The van der Waals surface area contributed by atoms with E-state index in [0.717, 1.165) is 6.07 Å². The van der Waals surface area contributed by atoms with Crippen molar-refractivity contribution in [2.24, 2.45) is 0 Å². The van der Waals surface area contributed by atoms with E-state index in [1.54, 1.807) is 6.92 Å². The topological polar surface area (TPSA) is 29.1 Å². The molecule has 5 heteroatoms. The summed E-state index contributed by atoms with van der Waals surface area (Å²) in [6.45, 7) is 1.66. The van der Waals surface area contributed by atoms with Crippen LogP contribution in [0.1, 0.15) is 6.92 Å². The Morgan fingerprint density at radius 1 is 1.64 bits per heavy atom. The molecule has 0 unspecified atom stereocenters. The van der Waals surface area contributed by atoms with Crippen molar-refractivity contribution < 1.29 is 9.18 Å². The summed E-state index contributed by atoms with van der Waals surface area (Å²) < 4.78 is 13.2. The monoisotopic (exact) mass is 279 g/mol. The number of carbonyl (C=O) groups is 1. The van der Waals surface area contributed by atoms with Crippen molar-refractivity contribution in [2.75, 3.05) is 5.32 Å². The van der Waals surface area contributed by atoms with Gasteiger partial charge in [-0.05, 0) is 25.1 Å². The summed E-state index contributed by atoms with van der Waals surface area (Å²) in [5.41, 5.74) is 0.130. The third kappa shape index (κ3) is 2.96. The Labute approximate surface area is 94.6 Å². The molecule has 0 fully saturated rings. The van der Waals surface area contributed by atoms with Crippen molar-refractivity contribution in [3.05, 3.63) is 29.0 Å². The Balaban J connectivity index is 2.82. The molecule has 1 N–H and O–H groups in total. The van der Waals surface area contributed by atoms with E-state index in [4.69, 9.17) is 11.6 Å². The normalized spacial score (nSPS) is 12.3. The predicted molar refractivity (Wildman–Crippen MR) is 58.4 cm³/mol. The first kappa shape index (κ1) is 11.5. The molecule has 0 radical (unpaired) electrons. The maximum atomic E-state index is 13.2. The van der Waals surface area contributed by atoms with Crippen molar-refractivity contribution in [1.29, 1.82) is 0 Å². The highest BCUT2D eigenvalue weighted by atomic mass is 79.9. The van der Waals surface area contributed by atoms with Crippen LogP contribution < -0.4 is 5.32 Å². The molecule has 1 amide bonds. The zero-order valence-electron chi connectivity index (χ0n) is 7.35. The smallest absolute Gasteiger partial charge is 0.237 e. The van der Waals surface area contributed by atoms with Crippen LogP contribution >= 0.6 is 27.5 Å². The zero-order valence-corrected chi connectivity index (χ0v) is 9.69. The first-order valence-corrected chi connectivity index (χ1v) is 5.20. The standard InChI is InChI=1S/C9H8BrClFNO/c1-5(10)9(14)13-8-3-2-6(11)4-7(8)12/h2-5H,1H3,(H,13,14)/t5-/m0/s1. The summed E-state index contributed by atoms with van der Waals surface area (Å²) in [6.07, 6.45) is 0. The zero-order chi connectivity index (χ0) is 10.7. The molecule has 1 atom stereocenters. The SMILES string of the molecule is C[C@H](Br)C(=O)Nc1ccc(Cl)cc1F. The number of nitrogens with one attached hydrogen (secondary N) is 1. The van der Waals surface area contributed by atoms with Crippen LogP contribution in [0.4, 0.5) is 10.1 Å². The molecule has 0 aliphatic carbocycles. The van der Waals surface area contributed by atoms with Gasteiger partial charge in [-0.25, -0.2) is 4.39 Å². The van der Waals surface area contributed by atoms with Crippen LogP contribution in [0.5, 0.6) is 0 Å². The van der Waals surface area contributed by atoms with Gasteiger partial charge >= 0.3 is 0 Å². The lowest BCUT2D eigenvalue weighted by Crippen LogP contribution is -2.20. The lowest BCUT2D eigenvalue weighted by Gasteiger charge is -2.07. The number of amides is 1. The second kappa shape index (κ2) is 4.75. The number of benzene rings is 1. The largest absolute Gasteiger partial charge is 0.323 e. The van der Waals surface area contributed by atoms with E-state index in [-0.39, 0.29) is 16.4 Å². The van der Waals surface area contributed by atoms with Crippen LogP contribution in [0.25, 0.3) is 0 Å². The van der Waals surface area contributed by atoms with Gasteiger partial charge in [-0.15, -0.1) is 0 Å². The Bertz CT molecular complexity index is 357. The molecule has 0 heterocycles. The van der Waals surface area contributed by atoms with Gasteiger partial charge in [-0.2, -0.15) is 0 Å². The number of hydrogen-bond acceptors (Lipinski definition) is 1. The number of halogens is 3. The van der Waals surface area contributed by atoms with Gasteiger partial charge in [-0.1, -0.05) is 27.5 Å². The van der Waals surface area contributed by atoms with Gasteiger partial charge in [0.2, 0.25) is 5.91 Å². The highest BCUT2D eigenvalue weighted by molar-refractivity contribution is 9.10. The van der Waals surface area contributed by atoms with E-state index in [1.165, 1.54) is 12.1 Å². The second-order valence-electron chi connectivity index (χ2n) is 2.73. The number of hydrogen-bond donors (Lipinski definition) is 1. The minimum atomic E-state index is -0.543. The van der Waals surface area contributed by atoms with Gasteiger partial charge in [-0.3, -0.25) is 4.79 Å². The summed E-state index contributed by atoms with van der Waals surface area (Å²) in [5, 5.41) is 2.72. The lowest BCUT2D eigenvalue weighted by molar-refractivity contribution is -0.115. The molecule has 0 saturated carbocycles. The molecule has 14 heavy (non-hydrogen) atoms. The Morgan fingerprint density at radius 3 is 2.79 bits per heavy atom. The van der Waals surface area contributed by atoms with Crippen molar-refractivity contribution in [2.45, 2.75) is 11.8 Å². The van der Waals surface area contributed by atoms with Crippen LogP contribution in [0, 0.1) is 5.82 Å². The molecule has 0 aliphatic rings. The van der Waals surface area contributed by atoms with E-state index in [1.807, 2.05) is 0 Å². The Hall–Kier alpha value is -0.610. The van der Waals surface area contributed by atoms with Gasteiger partial charge in [0.25, 0.3) is 0 Å². The molecule has 0 aromatic heterocycles. The predicted octanol–water partition coefficient (Wildman–Crippen LogP) is 3.20. The molecule has 0 spiro atoms. The van der Waals surface area contributed by atoms with Crippen molar-refractivity contribution in [1.82, 2.24) is 0 Å². The molecule has 76 valence electrons. The maximum absolute atomic E-state index is 13.2. The molecule has 0 saturated heterocycles. The third-order valence-corrected chi connectivity index (χ3v) is 2.20. The van der Waals surface area contributed by atoms with Gasteiger partial charge in [0.05, 0.1) is 10.5 Å². The van der Waals surface area contributed by atoms with Gasteiger partial charge in [0.15, 0.2) is 0 Å². The summed E-state index contributed by atoms with van der Waals surface area (Å²) in [7, 11) is 0. The highest BCUT2D eigenvalue weighted by Gasteiger charge is 2.11. The van der Waals surface area contributed by atoms with Crippen molar-refractivity contribution >= 4 is 39.1 Å². The fourth-order valence-electron chi connectivity index (χ4n) is 0.823. The third-order valence-electron chi connectivity index (χ3n) is 1.55. The van der Waals surface area contributed by atoms with E-state index in [9.17, 15) is 9.18 Å². The maximum Gasteiger partial charge on any atom is 0.237 e. The molecular formula is C9H8BrClFNO. The van der Waals surface area contributed by atoms with Crippen LogP contribution in [0.3, 0.4) is 0 Å². The van der Waals surface area contributed by atoms with Crippen molar-refractivity contribution in [3.63, 3.8) is 0 Å². The molecule has 0 aliphatic heterocycles. The van der Waals surface area contributed by atoms with Crippen LogP contribution in [0.2, 0.25) is 5.02 Å². The number of rotatable bonds is 2. The van der Waals surface area contributed by atoms with Crippen LogP contribution in [-0.2, 0) is 4.79 Å². The summed E-state index contributed by atoms with van der Waals surface area (Å²) in [4.78, 5) is 10.8. The summed E-state index contributed by atoms with van der Waals surface area (Å²) >= 11 is 8.63. The first-order chi connectivity index (χ1) is 6.50. The molecule has 0 bridgehead atoms. The summed E-state index contributed by atoms with van der Waals surface area (Å²) in [6, 6.07) is 4.08. The van der Waals surface area contributed by atoms with E-state index in [2.05, 4.69) is 21.2 Å². The fourth-order valence-corrected chi connectivity index (χ4v) is 1.10. The van der Waals surface area contributed by atoms with Crippen LogP contribution in [0.15, 0.2) is 18.2 Å². The number of alkyl halides is 1. The number of carbonyl (C=O) groups excluding carboxylic acids is 1. The molecule has 1 rings (SSSR count). The van der Waals surface area contributed by atoms with Crippen molar-refractivity contribution in [3.8, 4) is 0 Å². The molecule has 1 aromatic carbocycles. The first-order valence-electron chi connectivity index (χ1n) is 3.90. The lowest BCUT2D eigenvalue weighted by atomic mass is 10.3. The molecule has 2 nitrogen and oxygen atoms in total. The summed E-state index contributed by atoms with van der Waals surface area (Å²) in [5.74, 6) is -0.842. The second-order valence-corrected chi connectivity index (χ2v) is 4.54. The molecule has 1 aromatic rings. The Morgan fingerprint density at radius 2 is 2.29 bits per heavy atom. The number of anilines is 1. The minimum absolute atomic E-state index is 0.130. The minimum Gasteiger partial charge on any atom is -0.323 e. The van der Waals surface area contributed by atoms with Gasteiger partial charge < -0.3 is 5.32 Å². The fraction of sp³-hybridized carbons (Fsp3) is 0.222. The average Bonchev–Trinajstić information content (AvgIpc) is 2.09. The Kier molecular flexibility index (Phi) is 3.89.